The summed E-state index contributed by atoms with van der Waals surface area (Å²) in [6.45, 7) is 2.17. The molecule has 1 fully saturated rings. The fourth-order valence-corrected chi connectivity index (χ4v) is 2.42. The van der Waals surface area contributed by atoms with Crippen LogP contribution in [0.4, 0.5) is 0 Å². The first-order valence-corrected chi connectivity index (χ1v) is 6.39. The molecule has 2 aliphatic rings. The van der Waals surface area contributed by atoms with Crippen LogP contribution in [-0.4, -0.2) is 29.9 Å². The smallest absolute Gasteiger partial charge is 0.0963 e. The van der Waals surface area contributed by atoms with Gasteiger partial charge in [-0.1, -0.05) is 0 Å². The number of nitrogens with zero attached hydrogens (tertiary/aromatic N) is 1. The largest absolute Gasteiger partial charge is 0.372 e. The van der Waals surface area contributed by atoms with Crippen molar-refractivity contribution in [1.29, 1.82) is 0 Å². The highest BCUT2D eigenvalue weighted by atomic mass is 32.2. The van der Waals surface area contributed by atoms with Crippen molar-refractivity contribution in [2.24, 2.45) is 4.99 Å². The summed E-state index contributed by atoms with van der Waals surface area (Å²) < 4.78 is 0.569. The molecule has 0 unspecified atom stereocenters. The number of aliphatic imine (C=N–C) groups is 1. The summed E-state index contributed by atoms with van der Waals surface area (Å²) in [5.74, 6) is 1.26. The van der Waals surface area contributed by atoms with Crippen molar-refractivity contribution in [3.8, 4) is 0 Å². The maximum Gasteiger partial charge on any atom is 0.0963 e. The van der Waals surface area contributed by atoms with Crippen LogP contribution in [0.2, 0.25) is 0 Å². The van der Waals surface area contributed by atoms with Crippen molar-refractivity contribution >= 4 is 17.6 Å². The Morgan fingerprint density at radius 1 is 1.46 bits per heavy atom. The van der Waals surface area contributed by atoms with Crippen LogP contribution in [0, 0.1) is 0 Å². The van der Waals surface area contributed by atoms with E-state index in [0.29, 0.717) is 4.75 Å². The zero-order valence-electron chi connectivity index (χ0n) is 8.31. The number of amidine groups is 1. The standard InChI is InChI=1S/C10H18N2S/c1-13-10(5-6-10)8-12-9-4-2-3-7-11-9/h2-8H2,1H3,(H,11,12). The molecule has 74 valence electrons. The molecule has 1 heterocycles. The predicted molar refractivity (Wildman–Crippen MR) is 59.6 cm³/mol. The monoisotopic (exact) mass is 198 g/mol. The van der Waals surface area contributed by atoms with E-state index in [1.54, 1.807) is 0 Å². The van der Waals surface area contributed by atoms with Crippen LogP contribution in [0.15, 0.2) is 4.99 Å². The van der Waals surface area contributed by atoms with E-state index in [4.69, 9.17) is 0 Å². The number of rotatable bonds is 3. The highest BCUT2D eigenvalue weighted by Gasteiger charge is 2.41. The lowest BCUT2D eigenvalue weighted by atomic mass is 10.2. The first-order chi connectivity index (χ1) is 6.35. The minimum absolute atomic E-state index is 0.569. The molecule has 0 aromatic heterocycles. The van der Waals surface area contributed by atoms with Gasteiger partial charge in [0.2, 0.25) is 0 Å². The average molecular weight is 198 g/mol. The molecule has 0 bridgehead atoms. The predicted octanol–water partition coefficient (Wildman–Crippen LogP) is 2.05. The molecule has 0 saturated heterocycles. The first kappa shape index (κ1) is 9.38. The second-order valence-electron chi connectivity index (χ2n) is 4.03. The van der Waals surface area contributed by atoms with Crippen LogP contribution in [0.3, 0.4) is 0 Å². The summed E-state index contributed by atoms with van der Waals surface area (Å²) in [6.07, 6.45) is 8.75. The van der Waals surface area contributed by atoms with E-state index in [9.17, 15) is 0 Å². The molecule has 1 aliphatic heterocycles. The maximum atomic E-state index is 4.49. The number of nitrogens with one attached hydrogen (secondary N) is 1. The third-order valence-corrected chi connectivity index (χ3v) is 4.40. The highest BCUT2D eigenvalue weighted by Crippen LogP contribution is 2.46. The van der Waals surface area contributed by atoms with Gasteiger partial charge in [-0.25, -0.2) is 0 Å². The van der Waals surface area contributed by atoms with E-state index < -0.39 is 0 Å². The minimum Gasteiger partial charge on any atom is -0.372 e. The molecule has 0 radical (unpaired) electrons. The lowest BCUT2D eigenvalue weighted by Crippen LogP contribution is -2.32. The van der Waals surface area contributed by atoms with E-state index >= 15 is 0 Å². The molecule has 0 atom stereocenters. The summed E-state index contributed by atoms with van der Waals surface area (Å²) in [4.78, 5) is 4.49. The molecule has 0 amide bonds. The van der Waals surface area contributed by atoms with Crippen LogP contribution in [0.25, 0.3) is 0 Å². The SMILES string of the molecule is CSC1(CNC2=NCCCC2)CC1. The molecule has 0 spiro atoms. The third kappa shape index (κ3) is 2.39. The van der Waals surface area contributed by atoms with E-state index in [1.807, 2.05) is 11.8 Å². The van der Waals surface area contributed by atoms with Crippen LogP contribution >= 0.6 is 11.8 Å². The first-order valence-electron chi connectivity index (χ1n) is 5.17. The average Bonchev–Trinajstić information content (AvgIpc) is 2.97. The lowest BCUT2D eigenvalue weighted by Gasteiger charge is -2.17. The van der Waals surface area contributed by atoms with Crippen LogP contribution < -0.4 is 5.32 Å². The van der Waals surface area contributed by atoms with Gasteiger partial charge in [-0.3, -0.25) is 4.99 Å². The molecule has 1 aliphatic carbocycles. The van der Waals surface area contributed by atoms with Crippen molar-refractivity contribution in [2.45, 2.75) is 36.9 Å². The molecule has 0 aromatic carbocycles. The normalized spacial score (nSPS) is 25.2. The van der Waals surface area contributed by atoms with Gasteiger partial charge in [0.25, 0.3) is 0 Å². The molecule has 2 nitrogen and oxygen atoms in total. The quantitative estimate of drug-likeness (QED) is 0.750. The molecule has 2 rings (SSSR count). The van der Waals surface area contributed by atoms with Gasteiger partial charge in [-0.2, -0.15) is 11.8 Å². The van der Waals surface area contributed by atoms with E-state index in [2.05, 4.69) is 16.6 Å². The number of thioether (sulfide) groups is 1. The van der Waals surface area contributed by atoms with Crippen molar-refractivity contribution < 1.29 is 0 Å². The number of hydrogen-bond donors (Lipinski definition) is 1. The van der Waals surface area contributed by atoms with Crippen molar-refractivity contribution in [1.82, 2.24) is 5.32 Å². The third-order valence-electron chi connectivity index (χ3n) is 2.98. The van der Waals surface area contributed by atoms with Gasteiger partial charge >= 0.3 is 0 Å². The molecule has 1 saturated carbocycles. The molecule has 3 heteroatoms. The van der Waals surface area contributed by atoms with Gasteiger partial charge in [-0.15, -0.1) is 0 Å². The molecular formula is C10H18N2S. The van der Waals surface area contributed by atoms with Crippen molar-refractivity contribution in [3.05, 3.63) is 0 Å². The van der Waals surface area contributed by atoms with Crippen LogP contribution in [0.5, 0.6) is 0 Å². The Morgan fingerprint density at radius 2 is 2.31 bits per heavy atom. The van der Waals surface area contributed by atoms with Gasteiger partial charge in [0.15, 0.2) is 0 Å². The fourth-order valence-electron chi connectivity index (χ4n) is 1.70. The zero-order chi connectivity index (χ0) is 9.15. The van der Waals surface area contributed by atoms with Gasteiger partial charge in [0, 0.05) is 24.3 Å². The van der Waals surface area contributed by atoms with Crippen LogP contribution in [0.1, 0.15) is 32.1 Å². The van der Waals surface area contributed by atoms with Gasteiger partial charge in [-0.05, 0) is 31.9 Å². The Labute approximate surface area is 84.6 Å². The molecular weight excluding hydrogens is 180 g/mol. The lowest BCUT2D eigenvalue weighted by molar-refractivity contribution is 0.698. The second-order valence-corrected chi connectivity index (χ2v) is 5.30. The molecule has 0 aromatic rings. The van der Waals surface area contributed by atoms with Crippen LogP contribution in [-0.2, 0) is 0 Å². The fraction of sp³-hybridized carbons (Fsp3) is 0.900. The summed E-state index contributed by atoms with van der Waals surface area (Å²) in [5.41, 5.74) is 0. The Bertz CT molecular complexity index is 209. The van der Waals surface area contributed by atoms with Crippen molar-refractivity contribution in [2.75, 3.05) is 19.3 Å². The second kappa shape index (κ2) is 3.91. The summed E-state index contributed by atoms with van der Waals surface area (Å²) in [7, 11) is 0. The zero-order valence-corrected chi connectivity index (χ0v) is 9.12. The Kier molecular flexibility index (Phi) is 2.82. The van der Waals surface area contributed by atoms with Crippen molar-refractivity contribution in [3.63, 3.8) is 0 Å². The summed E-state index contributed by atoms with van der Waals surface area (Å²) in [6, 6.07) is 0. The molecule has 13 heavy (non-hydrogen) atoms. The summed E-state index contributed by atoms with van der Waals surface area (Å²) >= 11 is 2.01. The Morgan fingerprint density at radius 3 is 2.85 bits per heavy atom. The minimum atomic E-state index is 0.569. The van der Waals surface area contributed by atoms with E-state index in [-0.39, 0.29) is 0 Å². The van der Waals surface area contributed by atoms with E-state index in [1.165, 1.54) is 37.9 Å². The Balaban J connectivity index is 1.75. The topological polar surface area (TPSA) is 24.4 Å². The van der Waals surface area contributed by atoms with E-state index in [0.717, 1.165) is 13.1 Å². The maximum absolute atomic E-state index is 4.49. The Hall–Kier alpha value is -0.180. The molecule has 1 N–H and O–H groups in total. The number of hydrogen-bond acceptors (Lipinski definition) is 3. The summed E-state index contributed by atoms with van der Waals surface area (Å²) in [5, 5.41) is 3.50. The van der Waals surface area contributed by atoms with Gasteiger partial charge in [0.05, 0.1) is 5.84 Å². The van der Waals surface area contributed by atoms with Gasteiger partial charge < -0.3 is 5.32 Å². The highest BCUT2D eigenvalue weighted by molar-refractivity contribution is 8.00. The van der Waals surface area contributed by atoms with Gasteiger partial charge in [0.1, 0.15) is 0 Å².